The lowest BCUT2D eigenvalue weighted by molar-refractivity contribution is -0.118. The van der Waals surface area contributed by atoms with Crippen LogP contribution in [0.5, 0.6) is 0 Å². The summed E-state index contributed by atoms with van der Waals surface area (Å²) in [5.41, 5.74) is 2.97. The van der Waals surface area contributed by atoms with Crippen LogP contribution < -0.4 is 10.6 Å². The first-order valence-electron chi connectivity index (χ1n) is 7.48. The van der Waals surface area contributed by atoms with Gasteiger partial charge in [-0.3, -0.25) is 4.79 Å². The molecule has 4 heteroatoms. The van der Waals surface area contributed by atoms with E-state index < -0.39 is 12.5 Å². The number of aliphatic hydroxyl groups is 1. The number of carbonyl (C=O) groups excluding carboxylic acids is 1. The molecule has 0 heterocycles. The average molecular weight is 298 g/mol. The highest BCUT2D eigenvalue weighted by Gasteiger charge is 2.05. The number of anilines is 2. The summed E-state index contributed by atoms with van der Waals surface area (Å²) >= 11 is 0. The summed E-state index contributed by atoms with van der Waals surface area (Å²) in [5, 5.41) is 14.8. The van der Waals surface area contributed by atoms with Gasteiger partial charge in [-0.25, -0.2) is 0 Å². The monoisotopic (exact) mass is 298 g/mol. The molecule has 0 aromatic heterocycles. The summed E-state index contributed by atoms with van der Waals surface area (Å²) in [6.45, 7) is 1.63. The van der Waals surface area contributed by atoms with Crippen LogP contribution in [0.25, 0.3) is 0 Å². The van der Waals surface area contributed by atoms with Crippen molar-refractivity contribution in [3.8, 4) is 0 Å². The molecule has 0 aliphatic carbocycles. The second kappa shape index (κ2) is 8.20. The Balaban J connectivity index is 1.87. The SMILES string of the molecule is C[C@H](CCc1ccccc1)Nc1cccc(NC(=O)CO)c1. The van der Waals surface area contributed by atoms with Gasteiger partial charge in [-0.05, 0) is 43.5 Å². The van der Waals surface area contributed by atoms with Crippen molar-refractivity contribution in [3.05, 3.63) is 60.2 Å². The third kappa shape index (κ3) is 5.22. The molecule has 0 bridgehead atoms. The lowest BCUT2D eigenvalue weighted by atomic mass is 10.1. The van der Waals surface area contributed by atoms with Gasteiger partial charge in [0.25, 0.3) is 0 Å². The van der Waals surface area contributed by atoms with Gasteiger partial charge in [0, 0.05) is 17.4 Å². The average Bonchev–Trinajstić information content (AvgIpc) is 2.54. The van der Waals surface area contributed by atoms with Crippen LogP contribution >= 0.6 is 0 Å². The van der Waals surface area contributed by atoms with Gasteiger partial charge in [-0.15, -0.1) is 0 Å². The van der Waals surface area contributed by atoms with Gasteiger partial charge < -0.3 is 15.7 Å². The highest BCUT2D eigenvalue weighted by atomic mass is 16.3. The summed E-state index contributed by atoms with van der Waals surface area (Å²) in [7, 11) is 0. The number of nitrogens with one attached hydrogen (secondary N) is 2. The van der Waals surface area contributed by atoms with Gasteiger partial charge in [0.05, 0.1) is 0 Å². The number of rotatable bonds is 7. The van der Waals surface area contributed by atoms with Crippen LogP contribution in [0.15, 0.2) is 54.6 Å². The molecular weight excluding hydrogens is 276 g/mol. The normalized spacial score (nSPS) is 11.7. The van der Waals surface area contributed by atoms with Gasteiger partial charge in [0.1, 0.15) is 6.61 Å². The highest BCUT2D eigenvalue weighted by molar-refractivity contribution is 5.91. The van der Waals surface area contributed by atoms with E-state index in [1.165, 1.54) is 5.56 Å². The maximum absolute atomic E-state index is 11.2. The van der Waals surface area contributed by atoms with Gasteiger partial charge in [0.2, 0.25) is 5.91 Å². The van der Waals surface area contributed by atoms with Crippen molar-refractivity contribution in [1.29, 1.82) is 0 Å². The topological polar surface area (TPSA) is 61.4 Å². The third-order valence-corrected chi connectivity index (χ3v) is 3.41. The standard InChI is InChI=1S/C18H22N2O2/c1-14(10-11-15-6-3-2-4-7-15)19-16-8-5-9-17(12-16)20-18(22)13-21/h2-9,12,14,19,21H,10-11,13H2,1H3,(H,20,22)/t14-/m1/s1. The van der Waals surface area contributed by atoms with Crippen LogP contribution in [0.2, 0.25) is 0 Å². The molecule has 116 valence electrons. The number of amides is 1. The molecule has 1 atom stereocenters. The first-order chi connectivity index (χ1) is 10.7. The number of benzene rings is 2. The van der Waals surface area contributed by atoms with E-state index in [-0.39, 0.29) is 0 Å². The van der Waals surface area contributed by atoms with E-state index in [1.807, 2.05) is 24.3 Å². The first kappa shape index (κ1) is 16.0. The number of hydrogen-bond acceptors (Lipinski definition) is 3. The van der Waals surface area contributed by atoms with E-state index in [9.17, 15) is 4.79 Å². The number of hydrogen-bond donors (Lipinski definition) is 3. The molecule has 0 saturated heterocycles. The molecule has 3 N–H and O–H groups in total. The van der Waals surface area contributed by atoms with Crippen molar-refractivity contribution in [2.24, 2.45) is 0 Å². The summed E-state index contributed by atoms with van der Waals surface area (Å²) in [6, 6.07) is 18.2. The van der Waals surface area contributed by atoms with E-state index in [0.717, 1.165) is 18.5 Å². The van der Waals surface area contributed by atoms with Crippen molar-refractivity contribution in [2.75, 3.05) is 17.2 Å². The van der Waals surface area contributed by atoms with Gasteiger partial charge in [0.15, 0.2) is 0 Å². The van der Waals surface area contributed by atoms with Gasteiger partial charge in [-0.2, -0.15) is 0 Å². The summed E-state index contributed by atoms with van der Waals surface area (Å²) in [5.74, 6) is -0.408. The molecule has 0 aliphatic heterocycles. The Morgan fingerprint density at radius 1 is 1.09 bits per heavy atom. The van der Waals surface area contributed by atoms with E-state index in [0.29, 0.717) is 11.7 Å². The quantitative estimate of drug-likeness (QED) is 0.736. The molecule has 0 unspecified atom stereocenters. The minimum atomic E-state index is -0.509. The smallest absolute Gasteiger partial charge is 0.250 e. The largest absolute Gasteiger partial charge is 0.387 e. The lowest BCUT2D eigenvalue weighted by Crippen LogP contribution is -2.17. The van der Waals surface area contributed by atoms with E-state index >= 15 is 0 Å². The number of carbonyl (C=O) groups is 1. The fourth-order valence-electron chi connectivity index (χ4n) is 2.27. The zero-order valence-corrected chi connectivity index (χ0v) is 12.8. The van der Waals surface area contributed by atoms with Crippen LogP contribution in [0.4, 0.5) is 11.4 Å². The molecule has 0 fully saturated rings. The first-order valence-corrected chi connectivity index (χ1v) is 7.48. The van der Waals surface area contributed by atoms with E-state index in [2.05, 4.69) is 41.8 Å². The van der Waals surface area contributed by atoms with Crippen LogP contribution in [0.3, 0.4) is 0 Å². The second-order valence-electron chi connectivity index (χ2n) is 5.36. The summed E-state index contributed by atoms with van der Waals surface area (Å²) in [4.78, 5) is 11.2. The zero-order valence-electron chi connectivity index (χ0n) is 12.8. The Morgan fingerprint density at radius 3 is 2.55 bits per heavy atom. The minimum absolute atomic E-state index is 0.323. The summed E-state index contributed by atoms with van der Waals surface area (Å²) < 4.78 is 0. The molecule has 0 saturated carbocycles. The number of aliphatic hydroxyl groups excluding tert-OH is 1. The molecule has 2 aromatic rings. The molecule has 0 aliphatic rings. The maximum atomic E-state index is 11.2. The van der Waals surface area contributed by atoms with Crippen molar-refractivity contribution in [3.63, 3.8) is 0 Å². The molecule has 2 aromatic carbocycles. The Kier molecular flexibility index (Phi) is 5.98. The summed E-state index contributed by atoms with van der Waals surface area (Å²) in [6.07, 6.45) is 2.05. The molecule has 0 spiro atoms. The van der Waals surface area contributed by atoms with Crippen LogP contribution in [0, 0.1) is 0 Å². The van der Waals surface area contributed by atoms with Crippen molar-refractivity contribution >= 4 is 17.3 Å². The zero-order chi connectivity index (χ0) is 15.8. The highest BCUT2D eigenvalue weighted by Crippen LogP contribution is 2.17. The fraction of sp³-hybridized carbons (Fsp3) is 0.278. The lowest BCUT2D eigenvalue weighted by Gasteiger charge is -2.16. The van der Waals surface area contributed by atoms with Gasteiger partial charge in [-0.1, -0.05) is 36.4 Å². The molecule has 0 radical (unpaired) electrons. The molecule has 2 rings (SSSR count). The van der Waals surface area contributed by atoms with E-state index in [4.69, 9.17) is 5.11 Å². The Hall–Kier alpha value is -2.33. The van der Waals surface area contributed by atoms with E-state index in [1.54, 1.807) is 6.07 Å². The molecular formula is C18H22N2O2. The maximum Gasteiger partial charge on any atom is 0.250 e. The predicted octanol–water partition coefficient (Wildman–Crippen LogP) is 3.05. The van der Waals surface area contributed by atoms with Crippen LogP contribution in [-0.2, 0) is 11.2 Å². The number of aryl methyl sites for hydroxylation is 1. The fourth-order valence-corrected chi connectivity index (χ4v) is 2.27. The van der Waals surface area contributed by atoms with Crippen molar-refractivity contribution < 1.29 is 9.90 Å². The van der Waals surface area contributed by atoms with Crippen LogP contribution in [-0.4, -0.2) is 23.7 Å². The Labute approximate surface area is 131 Å². The Morgan fingerprint density at radius 2 is 1.82 bits per heavy atom. The van der Waals surface area contributed by atoms with Crippen LogP contribution in [0.1, 0.15) is 18.9 Å². The second-order valence-corrected chi connectivity index (χ2v) is 5.36. The molecule has 1 amide bonds. The predicted molar refractivity (Wildman–Crippen MR) is 90.0 cm³/mol. The van der Waals surface area contributed by atoms with Crippen molar-refractivity contribution in [1.82, 2.24) is 0 Å². The molecule has 4 nitrogen and oxygen atoms in total. The molecule has 22 heavy (non-hydrogen) atoms. The minimum Gasteiger partial charge on any atom is -0.387 e. The third-order valence-electron chi connectivity index (χ3n) is 3.41. The Bertz CT molecular complexity index is 599. The van der Waals surface area contributed by atoms with Gasteiger partial charge >= 0.3 is 0 Å². The van der Waals surface area contributed by atoms with Crippen molar-refractivity contribution in [2.45, 2.75) is 25.8 Å².